The van der Waals surface area contributed by atoms with Gasteiger partial charge in [-0.1, -0.05) is 6.07 Å². The average Bonchev–Trinajstić information content (AvgIpc) is 2.49. The second-order valence-electron chi connectivity index (χ2n) is 4.36. The molecule has 0 radical (unpaired) electrons. The maximum Gasteiger partial charge on any atom is 0.255 e. The number of carbonyl (C=O) groups excluding carboxylic acids is 1. The number of anilines is 1. The lowest BCUT2D eigenvalue weighted by Gasteiger charge is -2.10. The van der Waals surface area contributed by atoms with Crippen LogP contribution in [0, 0.1) is 11.6 Å². The first-order valence-corrected chi connectivity index (χ1v) is 6.53. The van der Waals surface area contributed by atoms with Crippen LogP contribution >= 0.6 is 0 Å². The van der Waals surface area contributed by atoms with Gasteiger partial charge in [-0.3, -0.25) is 4.79 Å². The number of aromatic nitrogens is 1. The van der Waals surface area contributed by atoms with E-state index in [9.17, 15) is 13.6 Å². The molecule has 1 aromatic heterocycles. The van der Waals surface area contributed by atoms with Crippen molar-refractivity contribution in [3.05, 3.63) is 59.3 Å². The number of rotatable bonds is 5. The molecule has 0 saturated carbocycles. The minimum Gasteiger partial charge on any atom is -0.370 e. The Hall–Kier alpha value is -2.50. The standard InChI is InChI=1S/C15H15F2N3O/c1-2-18-14-11(4-3-7-19-14)15(21)20-9-10-5-6-12(16)13(17)8-10/h3-8H,2,9H2,1H3,(H,18,19)(H,20,21). The minimum absolute atomic E-state index is 0.108. The summed E-state index contributed by atoms with van der Waals surface area (Å²) >= 11 is 0. The van der Waals surface area contributed by atoms with Gasteiger partial charge in [0, 0.05) is 19.3 Å². The molecule has 21 heavy (non-hydrogen) atoms. The number of amides is 1. The summed E-state index contributed by atoms with van der Waals surface area (Å²) in [6, 6.07) is 6.82. The fraction of sp³-hybridized carbons (Fsp3) is 0.200. The van der Waals surface area contributed by atoms with Crippen LogP contribution in [0.15, 0.2) is 36.5 Å². The summed E-state index contributed by atoms with van der Waals surface area (Å²) in [5.41, 5.74) is 0.887. The van der Waals surface area contributed by atoms with Gasteiger partial charge in [0.2, 0.25) is 0 Å². The fourth-order valence-electron chi connectivity index (χ4n) is 1.82. The van der Waals surface area contributed by atoms with Crippen molar-refractivity contribution >= 4 is 11.7 Å². The van der Waals surface area contributed by atoms with E-state index in [1.807, 2.05) is 6.92 Å². The highest BCUT2D eigenvalue weighted by Crippen LogP contribution is 2.12. The molecule has 0 atom stereocenters. The van der Waals surface area contributed by atoms with Crippen LogP contribution in [-0.2, 0) is 6.54 Å². The molecule has 1 amide bonds. The van der Waals surface area contributed by atoms with Crippen molar-refractivity contribution < 1.29 is 13.6 Å². The van der Waals surface area contributed by atoms with Crippen molar-refractivity contribution in [1.29, 1.82) is 0 Å². The van der Waals surface area contributed by atoms with E-state index >= 15 is 0 Å². The van der Waals surface area contributed by atoms with Crippen molar-refractivity contribution in [1.82, 2.24) is 10.3 Å². The molecule has 110 valence electrons. The number of pyridine rings is 1. The normalized spacial score (nSPS) is 10.2. The molecule has 2 N–H and O–H groups in total. The Morgan fingerprint density at radius 3 is 2.76 bits per heavy atom. The fourth-order valence-corrected chi connectivity index (χ4v) is 1.82. The van der Waals surface area contributed by atoms with Gasteiger partial charge >= 0.3 is 0 Å². The molecule has 0 spiro atoms. The lowest BCUT2D eigenvalue weighted by Crippen LogP contribution is -2.24. The molecular formula is C15H15F2N3O. The molecule has 1 heterocycles. The van der Waals surface area contributed by atoms with Crippen LogP contribution in [0.5, 0.6) is 0 Å². The quantitative estimate of drug-likeness (QED) is 0.890. The number of carbonyl (C=O) groups is 1. The maximum absolute atomic E-state index is 13.1. The van der Waals surface area contributed by atoms with Crippen LogP contribution in [-0.4, -0.2) is 17.4 Å². The third kappa shape index (κ3) is 3.75. The minimum atomic E-state index is -0.934. The second-order valence-corrected chi connectivity index (χ2v) is 4.36. The average molecular weight is 291 g/mol. The summed E-state index contributed by atoms with van der Waals surface area (Å²) in [5.74, 6) is -1.69. The van der Waals surface area contributed by atoms with Gasteiger partial charge in [-0.2, -0.15) is 0 Å². The summed E-state index contributed by atoms with van der Waals surface area (Å²) in [4.78, 5) is 16.2. The predicted molar refractivity (Wildman–Crippen MR) is 75.9 cm³/mol. The number of hydrogen-bond acceptors (Lipinski definition) is 3. The van der Waals surface area contributed by atoms with Gasteiger partial charge in [-0.25, -0.2) is 13.8 Å². The van der Waals surface area contributed by atoms with Gasteiger partial charge in [0.05, 0.1) is 5.56 Å². The van der Waals surface area contributed by atoms with E-state index < -0.39 is 11.6 Å². The summed E-state index contributed by atoms with van der Waals surface area (Å²) < 4.78 is 25.9. The zero-order chi connectivity index (χ0) is 15.2. The van der Waals surface area contributed by atoms with E-state index in [0.29, 0.717) is 23.5 Å². The Bertz CT molecular complexity index is 647. The molecule has 2 aromatic rings. The van der Waals surface area contributed by atoms with Crippen molar-refractivity contribution in [2.75, 3.05) is 11.9 Å². The molecule has 6 heteroatoms. The monoisotopic (exact) mass is 291 g/mol. The zero-order valence-corrected chi connectivity index (χ0v) is 11.5. The van der Waals surface area contributed by atoms with Crippen LogP contribution in [0.3, 0.4) is 0 Å². The zero-order valence-electron chi connectivity index (χ0n) is 11.5. The first kappa shape index (κ1) is 14.9. The molecule has 4 nitrogen and oxygen atoms in total. The van der Waals surface area contributed by atoms with Crippen molar-refractivity contribution in [3.63, 3.8) is 0 Å². The summed E-state index contributed by atoms with van der Waals surface area (Å²) in [5, 5.41) is 5.64. The van der Waals surface area contributed by atoms with Crippen LogP contribution in [0.25, 0.3) is 0 Å². The predicted octanol–water partition coefficient (Wildman–Crippen LogP) is 2.72. The van der Waals surface area contributed by atoms with E-state index in [1.165, 1.54) is 6.07 Å². The summed E-state index contributed by atoms with van der Waals surface area (Å²) in [6.07, 6.45) is 1.59. The highest BCUT2D eigenvalue weighted by Gasteiger charge is 2.11. The van der Waals surface area contributed by atoms with E-state index in [1.54, 1.807) is 18.3 Å². The summed E-state index contributed by atoms with van der Waals surface area (Å²) in [7, 11) is 0. The Labute approximate surface area is 121 Å². The molecule has 2 rings (SSSR count). The van der Waals surface area contributed by atoms with Crippen molar-refractivity contribution in [3.8, 4) is 0 Å². The van der Waals surface area contributed by atoms with Crippen molar-refractivity contribution in [2.45, 2.75) is 13.5 Å². The van der Waals surface area contributed by atoms with E-state index in [-0.39, 0.29) is 12.5 Å². The molecule has 0 saturated heterocycles. The lowest BCUT2D eigenvalue weighted by molar-refractivity contribution is 0.0951. The highest BCUT2D eigenvalue weighted by molar-refractivity contribution is 5.98. The smallest absolute Gasteiger partial charge is 0.255 e. The van der Waals surface area contributed by atoms with Gasteiger partial charge in [0.1, 0.15) is 5.82 Å². The molecule has 0 unspecified atom stereocenters. The second kappa shape index (κ2) is 6.78. The number of benzene rings is 1. The number of hydrogen-bond donors (Lipinski definition) is 2. The van der Waals surface area contributed by atoms with Gasteiger partial charge in [-0.05, 0) is 36.8 Å². The number of nitrogens with one attached hydrogen (secondary N) is 2. The van der Waals surface area contributed by atoms with Gasteiger partial charge < -0.3 is 10.6 Å². The molecule has 0 aliphatic carbocycles. The van der Waals surface area contributed by atoms with E-state index in [0.717, 1.165) is 12.1 Å². The Morgan fingerprint density at radius 1 is 1.24 bits per heavy atom. The molecule has 1 aromatic carbocycles. The van der Waals surface area contributed by atoms with Gasteiger partial charge in [0.25, 0.3) is 5.91 Å². The lowest BCUT2D eigenvalue weighted by atomic mass is 10.2. The van der Waals surface area contributed by atoms with Crippen LogP contribution in [0.4, 0.5) is 14.6 Å². The van der Waals surface area contributed by atoms with E-state index in [2.05, 4.69) is 15.6 Å². The number of halogens is 2. The van der Waals surface area contributed by atoms with E-state index in [4.69, 9.17) is 0 Å². The molecule has 0 aliphatic heterocycles. The first-order chi connectivity index (χ1) is 10.1. The number of nitrogens with zero attached hydrogens (tertiary/aromatic N) is 1. The molecule has 0 aliphatic rings. The molecule has 0 bridgehead atoms. The molecular weight excluding hydrogens is 276 g/mol. The third-order valence-corrected chi connectivity index (χ3v) is 2.83. The third-order valence-electron chi connectivity index (χ3n) is 2.83. The largest absolute Gasteiger partial charge is 0.370 e. The highest BCUT2D eigenvalue weighted by atomic mass is 19.2. The van der Waals surface area contributed by atoms with Crippen LogP contribution < -0.4 is 10.6 Å². The van der Waals surface area contributed by atoms with Crippen LogP contribution in [0.2, 0.25) is 0 Å². The summed E-state index contributed by atoms with van der Waals surface area (Å²) in [6.45, 7) is 2.65. The maximum atomic E-state index is 13.1. The topological polar surface area (TPSA) is 54.0 Å². The van der Waals surface area contributed by atoms with Crippen molar-refractivity contribution in [2.24, 2.45) is 0 Å². The Kier molecular flexibility index (Phi) is 4.81. The van der Waals surface area contributed by atoms with Crippen LogP contribution in [0.1, 0.15) is 22.8 Å². The Morgan fingerprint density at radius 2 is 2.05 bits per heavy atom. The molecule has 0 fully saturated rings. The Balaban J connectivity index is 2.06. The van der Waals surface area contributed by atoms with Gasteiger partial charge in [-0.15, -0.1) is 0 Å². The first-order valence-electron chi connectivity index (χ1n) is 6.53. The SMILES string of the molecule is CCNc1ncccc1C(=O)NCc1ccc(F)c(F)c1. The van der Waals surface area contributed by atoms with Gasteiger partial charge in [0.15, 0.2) is 11.6 Å².